The number of halogens is 1. The van der Waals surface area contributed by atoms with Crippen LogP contribution < -0.4 is 0 Å². The fraction of sp³-hybridized carbons (Fsp3) is 0.125. The first-order chi connectivity index (χ1) is 7.70. The topological polar surface area (TPSA) is 82.8 Å². The Morgan fingerprint density at radius 1 is 1.44 bits per heavy atom. The first-order valence-electron chi connectivity index (χ1n) is 4.18. The van der Waals surface area contributed by atoms with Crippen molar-refractivity contribution in [2.24, 2.45) is 0 Å². The van der Waals surface area contributed by atoms with Gasteiger partial charge in [-0.3, -0.25) is 0 Å². The Bertz CT molecular complexity index is 527. The van der Waals surface area contributed by atoms with Crippen LogP contribution in [0.4, 0.5) is 0 Å². The third kappa shape index (κ3) is 2.06. The predicted octanol–water partition coefficient (Wildman–Crippen LogP) is 0.606. The van der Waals surface area contributed by atoms with E-state index in [-0.39, 0.29) is 5.82 Å². The fourth-order valence-electron chi connectivity index (χ4n) is 1.01. The van der Waals surface area contributed by atoms with E-state index >= 15 is 0 Å². The normalized spacial score (nSPS) is 10.1. The van der Waals surface area contributed by atoms with Crippen LogP contribution in [0.1, 0.15) is 10.6 Å². The van der Waals surface area contributed by atoms with Gasteiger partial charge in [-0.25, -0.2) is 24.4 Å². The molecule has 0 saturated carbocycles. The molecule has 0 bridgehead atoms. The van der Waals surface area contributed by atoms with Crippen LogP contribution in [0.2, 0.25) is 0 Å². The maximum Gasteiger partial charge on any atom is 0.377 e. The van der Waals surface area contributed by atoms with Crippen molar-refractivity contribution in [2.75, 3.05) is 7.11 Å². The van der Waals surface area contributed by atoms with Crippen molar-refractivity contribution in [2.45, 2.75) is 0 Å². The van der Waals surface area contributed by atoms with Crippen LogP contribution in [-0.4, -0.2) is 37.8 Å². The molecule has 0 spiro atoms. The molecule has 2 aromatic rings. The molecule has 2 aromatic heterocycles. The smallest absolute Gasteiger partial charge is 0.377 e. The van der Waals surface area contributed by atoms with Crippen LogP contribution in [0, 0.1) is 0 Å². The molecule has 0 amide bonds. The summed E-state index contributed by atoms with van der Waals surface area (Å²) in [6, 6.07) is 1.65. The Balaban J connectivity index is 2.35. The van der Waals surface area contributed by atoms with Gasteiger partial charge in [0.15, 0.2) is 5.82 Å². The molecule has 0 saturated heterocycles. The second-order valence-corrected chi connectivity index (χ2v) is 3.52. The van der Waals surface area contributed by atoms with E-state index in [0.29, 0.717) is 10.4 Å². The molecule has 0 unspecified atom stereocenters. The summed E-state index contributed by atoms with van der Waals surface area (Å²) in [5.41, 5.74) is 0. The Morgan fingerprint density at radius 2 is 2.25 bits per heavy atom. The van der Waals surface area contributed by atoms with E-state index in [4.69, 9.17) is 0 Å². The van der Waals surface area contributed by atoms with Crippen molar-refractivity contribution in [1.29, 1.82) is 0 Å². The summed E-state index contributed by atoms with van der Waals surface area (Å²) in [6.45, 7) is 0. The third-order valence-electron chi connectivity index (χ3n) is 1.71. The van der Waals surface area contributed by atoms with Gasteiger partial charge < -0.3 is 4.74 Å². The van der Waals surface area contributed by atoms with Crippen molar-refractivity contribution in [3.63, 3.8) is 0 Å². The molecular weight excluding hydrogens is 278 g/mol. The molecule has 0 N–H and O–H groups in total. The molecule has 7 nitrogen and oxygen atoms in total. The van der Waals surface area contributed by atoms with Gasteiger partial charge in [-0.1, -0.05) is 0 Å². The van der Waals surface area contributed by atoms with Gasteiger partial charge in [0.25, 0.3) is 5.82 Å². The molecule has 2 rings (SSSR count). The van der Waals surface area contributed by atoms with Gasteiger partial charge in [0, 0.05) is 6.07 Å². The molecule has 2 heterocycles. The number of rotatable bonds is 2. The number of carbonyl (C=O) groups is 1. The van der Waals surface area contributed by atoms with Gasteiger partial charge in [-0.2, -0.15) is 0 Å². The van der Waals surface area contributed by atoms with Crippen molar-refractivity contribution < 1.29 is 9.53 Å². The van der Waals surface area contributed by atoms with Gasteiger partial charge in [-0.05, 0) is 15.9 Å². The number of aromatic nitrogens is 5. The molecule has 16 heavy (non-hydrogen) atoms. The van der Waals surface area contributed by atoms with E-state index in [2.05, 4.69) is 40.7 Å². The van der Waals surface area contributed by atoms with Crippen LogP contribution in [0.5, 0.6) is 0 Å². The summed E-state index contributed by atoms with van der Waals surface area (Å²) >= 11 is 3.20. The molecule has 0 aliphatic carbocycles. The quantitative estimate of drug-likeness (QED) is 0.593. The minimum absolute atomic E-state index is 0.0164. The monoisotopic (exact) mass is 283 g/mol. The molecular formula is C8H6BrN5O2. The summed E-state index contributed by atoms with van der Waals surface area (Å²) in [5, 5.41) is 3.91. The molecule has 0 aliphatic heterocycles. The Morgan fingerprint density at radius 3 is 2.94 bits per heavy atom. The van der Waals surface area contributed by atoms with E-state index in [1.165, 1.54) is 24.4 Å². The van der Waals surface area contributed by atoms with Gasteiger partial charge in [0.05, 0.1) is 7.11 Å². The summed E-state index contributed by atoms with van der Waals surface area (Å²) in [7, 11) is 1.27. The molecule has 0 atom stereocenters. The standard InChI is InChI=1S/C8H6BrN5O2/c1-16-8(15)7-12-4-14(13-7)6-2-5(9)10-3-11-6/h2-4H,1H3. The first kappa shape index (κ1) is 10.7. The largest absolute Gasteiger partial charge is 0.463 e. The lowest BCUT2D eigenvalue weighted by atomic mass is 10.6. The summed E-state index contributed by atoms with van der Waals surface area (Å²) in [6.07, 6.45) is 2.75. The lowest BCUT2D eigenvalue weighted by molar-refractivity contribution is 0.0587. The minimum atomic E-state index is -0.591. The van der Waals surface area contributed by atoms with Crippen molar-refractivity contribution >= 4 is 21.9 Å². The number of nitrogens with zero attached hydrogens (tertiary/aromatic N) is 5. The SMILES string of the molecule is COC(=O)c1ncn(-c2cc(Br)ncn2)n1. The zero-order chi connectivity index (χ0) is 11.5. The van der Waals surface area contributed by atoms with Gasteiger partial charge in [-0.15, -0.1) is 5.10 Å². The summed E-state index contributed by atoms with van der Waals surface area (Å²) in [5.74, 6) is -0.103. The zero-order valence-corrected chi connectivity index (χ0v) is 9.75. The van der Waals surface area contributed by atoms with Crippen molar-refractivity contribution in [3.05, 3.63) is 29.1 Å². The Kier molecular flexibility index (Phi) is 2.91. The van der Waals surface area contributed by atoms with Crippen LogP contribution >= 0.6 is 15.9 Å². The van der Waals surface area contributed by atoms with Gasteiger partial charge in [0.2, 0.25) is 0 Å². The molecule has 82 valence electrons. The summed E-state index contributed by atoms with van der Waals surface area (Å²) in [4.78, 5) is 22.8. The summed E-state index contributed by atoms with van der Waals surface area (Å²) < 4.78 is 6.47. The van der Waals surface area contributed by atoms with E-state index in [1.54, 1.807) is 6.07 Å². The maximum absolute atomic E-state index is 11.1. The second kappa shape index (κ2) is 4.35. The molecule has 8 heteroatoms. The minimum Gasteiger partial charge on any atom is -0.463 e. The van der Waals surface area contributed by atoms with Crippen molar-refractivity contribution in [1.82, 2.24) is 24.7 Å². The molecule has 0 aromatic carbocycles. The lowest BCUT2D eigenvalue weighted by Gasteiger charge is -1.97. The number of methoxy groups -OCH3 is 1. The number of hydrogen-bond acceptors (Lipinski definition) is 6. The second-order valence-electron chi connectivity index (χ2n) is 2.70. The van der Waals surface area contributed by atoms with Crippen LogP contribution in [-0.2, 0) is 4.74 Å². The Labute approximate surface area is 98.6 Å². The highest BCUT2D eigenvalue weighted by Crippen LogP contribution is 2.08. The van der Waals surface area contributed by atoms with Crippen LogP contribution in [0.3, 0.4) is 0 Å². The molecule has 0 radical (unpaired) electrons. The molecule has 0 fully saturated rings. The Hall–Kier alpha value is -1.83. The van der Waals surface area contributed by atoms with E-state index in [9.17, 15) is 4.79 Å². The van der Waals surface area contributed by atoms with Crippen molar-refractivity contribution in [3.8, 4) is 5.82 Å². The predicted molar refractivity (Wildman–Crippen MR) is 56.0 cm³/mol. The third-order valence-corrected chi connectivity index (χ3v) is 2.15. The average molecular weight is 284 g/mol. The fourth-order valence-corrected chi connectivity index (χ4v) is 1.30. The average Bonchev–Trinajstić information content (AvgIpc) is 2.77. The zero-order valence-electron chi connectivity index (χ0n) is 8.16. The van der Waals surface area contributed by atoms with Gasteiger partial charge >= 0.3 is 5.97 Å². The first-order valence-corrected chi connectivity index (χ1v) is 4.98. The van der Waals surface area contributed by atoms with E-state index < -0.39 is 5.97 Å². The maximum atomic E-state index is 11.1. The highest BCUT2D eigenvalue weighted by molar-refractivity contribution is 9.10. The number of carbonyl (C=O) groups excluding carboxylic acids is 1. The molecule has 0 aliphatic rings. The van der Waals surface area contributed by atoms with Gasteiger partial charge in [0.1, 0.15) is 17.3 Å². The number of esters is 1. The van der Waals surface area contributed by atoms with Crippen LogP contribution in [0.25, 0.3) is 5.82 Å². The van der Waals surface area contributed by atoms with E-state index in [0.717, 1.165) is 0 Å². The number of hydrogen-bond donors (Lipinski definition) is 0. The van der Waals surface area contributed by atoms with E-state index in [1.807, 2.05) is 0 Å². The highest BCUT2D eigenvalue weighted by atomic mass is 79.9. The lowest BCUT2D eigenvalue weighted by Crippen LogP contribution is -2.05. The van der Waals surface area contributed by atoms with Crippen LogP contribution in [0.15, 0.2) is 23.3 Å². The highest BCUT2D eigenvalue weighted by Gasteiger charge is 2.12. The number of ether oxygens (including phenoxy) is 1.